The number of ether oxygens (including phenoxy) is 2. The highest BCUT2D eigenvalue weighted by molar-refractivity contribution is 5.36. The van der Waals surface area contributed by atoms with Gasteiger partial charge in [0.05, 0.1) is 12.2 Å². The van der Waals surface area contributed by atoms with Gasteiger partial charge < -0.3 is 9.47 Å². The molecule has 2 unspecified atom stereocenters. The number of epoxide rings is 1. The van der Waals surface area contributed by atoms with Gasteiger partial charge in [-0.2, -0.15) is 13.2 Å². The van der Waals surface area contributed by atoms with Crippen LogP contribution in [0.5, 0.6) is 0 Å². The van der Waals surface area contributed by atoms with Crippen LogP contribution in [0.15, 0.2) is 18.2 Å². The lowest BCUT2D eigenvalue weighted by atomic mass is 9.95. The van der Waals surface area contributed by atoms with Crippen molar-refractivity contribution in [1.82, 2.24) is 0 Å². The minimum Gasteiger partial charge on any atom is -0.346 e. The highest BCUT2D eigenvalue weighted by Gasteiger charge is 2.68. The molecule has 2 fully saturated rings. The first-order chi connectivity index (χ1) is 7.43. The molecule has 0 N–H and O–H groups in total. The largest absolute Gasteiger partial charge is 0.416 e. The van der Waals surface area contributed by atoms with Crippen molar-refractivity contribution >= 4 is 0 Å². The standard InChI is InChI=1S/C10H6F4O2/c11-7-3-5(10(12,13)14)1-2-6(7)9-4-15-8(9)16-9/h1-3,8H,4H2. The van der Waals surface area contributed by atoms with E-state index in [1.54, 1.807) is 0 Å². The lowest BCUT2D eigenvalue weighted by molar-refractivity contribution is -0.137. The van der Waals surface area contributed by atoms with Gasteiger partial charge in [-0.15, -0.1) is 0 Å². The fourth-order valence-corrected chi connectivity index (χ4v) is 1.83. The zero-order valence-electron chi connectivity index (χ0n) is 7.84. The third-order valence-corrected chi connectivity index (χ3v) is 2.84. The summed E-state index contributed by atoms with van der Waals surface area (Å²) in [6.07, 6.45) is -5.02. The first-order valence-electron chi connectivity index (χ1n) is 4.60. The van der Waals surface area contributed by atoms with Crippen molar-refractivity contribution in [3.8, 4) is 0 Å². The molecular weight excluding hydrogens is 228 g/mol. The summed E-state index contributed by atoms with van der Waals surface area (Å²) in [5.41, 5.74) is -1.69. The van der Waals surface area contributed by atoms with E-state index in [2.05, 4.69) is 0 Å². The van der Waals surface area contributed by atoms with Gasteiger partial charge in [0.2, 0.25) is 0 Å². The van der Waals surface area contributed by atoms with Crippen LogP contribution in [0.2, 0.25) is 0 Å². The monoisotopic (exact) mass is 234 g/mol. The molecule has 3 rings (SSSR count). The lowest BCUT2D eigenvalue weighted by Crippen LogP contribution is -2.32. The van der Waals surface area contributed by atoms with Crippen molar-refractivity contribution < 1.29 is 27.0 Å². The minimum atomic E-state index is -4.53. The highest BCUT2D eigenvalue weighted by Crippen LogP contribution is 2.55. The molecule has 0 amide bonds. The molecule has 2 nitrogen and oxygen atoms in total. The predicted octanol–water partition coefficient (Wildman–Crippen LogP) is 2.43. The van der Waals surface area contributed by atoms with Crippen molar-refractivity contribution in [2.45, 2.75) is 18.1 Å². The molecule has 0 aromatic heterocycles. The number of benzene rings is 1. The van der Waals surface area contributed by atoms with Crippen LogP contribution in [0.3, 0.4) is 0 Å². The maximum atomic E-state index is 13.5. The molecule has 0 aliphatic carbocycles. The molecule has 0 bridgehead atoms. The Balaban J connectivity index is 1.98. The zero-order valence-corrected chi connectivity index (χ0v) is 7.84. The van der Waals surface area contributed by atoms with Crippen LogP contribution in [0.4, 0.5) is 17.6 Å². The molecule has 0 radical (unpaired) electrons. The number of halogens is 4. The summed E-state index contributed by atoms with van der Waals surface area (Å²) in [7, 11) is 0. The summed E-state index contributed by atoms with van der Waals surface area (Å²) in [4.78, 5) is 0. The number of fused-ring (bicyclic) bond motifs is 1. The Morgan fingerprint density at radius 1 is 1.31 bits per heavy atom. The Kier molecular flexibility index (Phi) is 1.73. The molecule has 16 heavy (non-hydrogen) atoms. The molecule has 0 saturated carbocycles. The third kappa shape index (κ3) is 1.20. The van der Waals surface area contributed by atoms with Crippen LogP contribution < -0.4 is 0 Å². The maximum Gasteiger partial charge on any atom is 0.416 e. The smallest absolute Gasteiger partial charge is 0.346 e. The number of hydrogen-bond donors (Lipinski definition) is 0. The fraction of sp³-hybridized carbons (Fsp3) is 0.400. The van der Waals surface area contributed by atoms with E-state index < -0.39 is 29.4 Å². The fourth-order valence-electron chi connectivity index (χ4n) is 1.83. The van der Waals surface area contributed by atoms with Crippen molar-refractivity contribution in [2.24, 2.45) is 0 Å². The summed E-state index contributed by atoms with van der Waals surface area (Å²) in [5, 5.41) is 0. The molecule has 2 atom stereocenters. The van der Waals surface area contributed by atoms with Gasteiger partial charge in [-0.3, -0.25) is 0 Å². The van der Waals surface area contributed by atoms with Crippen molar-refractivity contribution in [3.63, 3.8) is 0 Å². The molecule has 6 heteroatoms. The summed E-state index contributed by atoms with van der Waals surface area (Å²) in [5.74, 6) is -0.902. The average molecular weight is 234 g/mol. The van der Waals surface area contributed by atoms with Crippen LogP contribution in [0.25, 0.3) is 0 Å². The number of rotatable bonds is 1. The average Bonchev–Trinajstić information content (AvgIpc) is 2.68. The van der Waals surface area contributed by atoms with E-state index in [-0.39, 0.29) is 12.2 Å². The summed E-state index contributed by atoms with van der Waals surface area (Å²) in [6, 6.07) is 2.45. The summed E-state index contributed by atoms with van der Waals surface area (Å²) in [6.45, 7) is 0.194. The Morgan fingerprint density at radius 3 is 2.44 bits per heavy atom. The molecule has 2 aliphatic rings. The van der Waals surface area contributed by atoms with E-state index >= 15 is 0 Å². The maximum absolute atomic E-state index is 13.5. The van der Waals surface area contributed by atoms with Gasteiger partial charge in [0.1, 0.15) is 5.82 Å². The first kappa shape index (κ1) is 10.0. The summed E-state index contributed by atoms with van der Waals surface area (Å²) < 4.78 is 60.3. The second-order valence-corrected chi connectivity index (χ2v) is 3.84. The van der Waals surface area contributed by atoms with Crippen LogP contribution in [0, 0.1) is 5.82 Å². The van der Waals surface area contributed by atoms with Crippen molar-refractivity contribution in [1.29, 1.82) is 0 Å². The van der Waals surface area contributed by atoms with Gasteiger partial charge in [0, 0.05) is 5.56 Å². The molecule has 2 saturated heterocycles. The molecule has 86 valence electrons. The van der Waals surface area contributed by atoms with Crippen LogP contribution in [-0.4, -0.2) is 12.9 Å². The number of alkyl halides is 3. The Morgan fingerprint density at radius 2 is 2.06 bits per heavy atom. The van der Waals surface area contributed by atoms with Crippen molar-refractivity contribution in [3.05, 3.63) is 35.1 Å². The second-order valence-electron chi connectivity index (χ2n) is 3.84. The van der Waals surface area contributed by atoms with Gasteiger partial charge in [0.15, 0.2) is 11.9 Å². The first-order valence-corrected chi connectivity index (χ1v) is 4.60. The minimum absolute atomic E-state index is 0.136. The van der Waals surface area contributed by atoms with Crippen LogP contribution >= 0.6 is 0 Å². The van der Waals surface area contributed by atoms with Gasteiger partial charge in [-0.25, -0.2) is 4.39 Å². The van der Waals surface area contributed by atoms with Gasteiger partial charge >= 0.3 is 6.18 Å². The highest BCUT2D eigenvalue weighted by atomic mass is 19.4. The van der Waals surface area contributed by atoms with Crippen molar-refractivity contribution in [2.75, 3.05) is 6.61 Å². The molecular formula is C10H6F4O2. The lowest BCUT2D eigenvalue weighted by Gasteiger charge is -2.21. The van der Waals surface area contributed by atoms with E-state index in [4.69, 9.17) is 9.47 Å². The SMILES string of the molecule is Fc1cc(C(F)(F)F)ccc1C12COC1O2. The topological polar surface area (TPSA) is 21.8 Å². The number of hydrogen-bond acceptors (Lipinski definition) is 2. The summed E-state index contributed by atoms with van der Waals surface area (Å²) >= 11 is 0. The molecule has 0 spiro atoms. The molecule has 1 aromatic carbocycles. The second kappa shape index (κ2) is 2.75. The molecule has 2 aliphatic heterocycles. The normalized spacial score (nSPS) is 31.9. The van der Waals surface area contributed by atoms with E-state index in [9.17, 15) is 17.6 Å². The Labute approximate surface area is 87.8 Å². The zero-order chi connectivity index (χ0) is 11.6. The van der Waals surface area contributed by atoms with Gasteiger partial charge in [-0.05, 0) is 12.1 Å². The van der Waals surface area contributed by atoms with Crippen LogP contribution in [0.1, 0.15) is 11.1 Å². The van der Waals surface area contributed by atoms with E-state index in [1.165, 1.54) is 0 Å². The predicted molar refractivity (Wildman–Crippen MR) is 43.9 cm³/mol. The van der Waals surface area contributed by atoms with Crippen LogP contribution in [-0.2, 0) is 21.3 Å². The molecule has 2 heterocycles. The Hall–Kier alpha value is -1.14. The Bertz CT molecular complexity index is 453. The molecule has 1 aromatic rings. The quantitative estimate of drug-likeness (QED) is 0.549. The third-order valence-electron chi connectivity index (χ3n) is 2.84. The van der Waals surface area contributed by atoms with Gasteiger partial charge in [-0.1, -0.05) is 6.07 Å². The van der Waals surface area contributed by atoms with E-state index in [1.807, 2.05) is 0 Å². The van der Waals surface area contributed by atoms with Gasteiger partial charge in [0.25, 0.3) is 0 Å². The van der Waals surface area contributed by atoms with E-state index in [0.717, 1.165) is 12.1 Å². The van der Waals surface area contributed by atoms with E-state index in [0.29, 0.717) is 6.07 Å².